The van der Waals surface area contributed by atoms with Gasteiger partial charge in [-0.05, 0) is 25.1 Å². The van der Waals surface area contributed by atoms with Crippen LogP contribution < -0.4 is 15.2 Å². The molecule has 0 radical (unpaired) electrons. The first-order chi connectivity index (χ1) is 10.0. The summed E-state index contributed by atoms with van der Waals surface area (Å²) in [4.78, 5) is 19.2. The van der Waals surface area contributed by atoms with Gasteiger partial charge in [-0.3, -0.25) is 4.79 Å². The summed E-state index contributed by atoms with van der Waals surface area (Å²) in [6.07, 6.45) is 0. The van der Waals surface area contributed by atoms with Gasteiger partial charge in [-0.1, -0.05) is 11.6 Å². The van der Waals surface area contributed by atoms with Crippen molar-refractivity contribution >= 4 is 22.5 Å². The largest absolute Gasteiger partial charge is 0.358 e. The van der Waals surface area contributed by atoms with E-state index in [0.717, 1.165) is 36.4 Å². The summed E-state index contributed by atoms with van der Waals surface area (Å²) >= 11 is 6.03. The number of rotatable bonds is 2. The number of fused-ring (bicyclic) bond motifs is 1. The molecule has 2 aromatic rings. The first-order valence-electron chi connectivity index (χ1n) is 7.50. The van der Waals surface area contributed by atoms with Crippen LogP contribution in [0.3, 0.4) is 0 Å². The molecule has 0 atom stereocenters. The Labute approximate surface area is 129 Å². The SMILES string of the molecule is Cc1[nH]c2ccc(Cl)cc2c(=O)c1C[NH+]1CC[NH+](C)CC1. The molecule has 0 amide bonds. The van der Waals surface area contributed by atoms with Crippen molar-refractivity contribution in [2.75, 3.05) is 33.2 Å². The molecule has 21 heavy (non-hydrogen) atoms. The normalized spacial score (nSPS) is 22.6. The van der Waals surface area contributed by atoms with Crippen LogP contribution in [0.4, 0.5) is 0 Å². The van der Waals surface area contributed by atoms with Gasteiger partial charge in [-0.15, -0.1) is 0 Å². The number of hydrogen-bond acceptors (Lipinski definition) is 1. The number of likely N-dealkylation sites (N-methyl/N-ethyl adjacent to an activating group) is 1. The molecular weight excluding hydrogens is 286 g/mol. The summed E-state index contributed by atoms with van der Waals surface area (Å²) in [6, 6.07) is 5.46. The lowest BCUT2D eigenvalue weighted by molar-refractivity contribution is -1.01. The van der Waals surface area contributed by atoms with E-state index >= 15 is 0 Å². The molecule has 0 saturated carbocycles. The lowest BCUT2D eigenvalue weighted by Gasteiger charge is -2.27. The van der Waals surface area contributed by atoms with Crippen LogP contribution in [0.25, 0.3) is 10.9 Å². The second-order valence-corrected chi connectivity index (χ2v) is 6.57. The van der Waals surface area contributed by atoms with Crippen molar-refractivity contribution in [2.24, 2.45) is 0 Å². The van der Waals surface area contributed by atoms with Crippen molar-refractivity contribution in [1.82, 2.24) is 4.98 Å². The van der Waals surface area contributed by atoms with Gasteiger partial charge in [0.25, 0.3) is 0 Å². The number of piperazine rings is 1. The predicted octanol–water partition coefficient (Wildman–Crippen LogP) is -0.597. The van der Waals surface area contributed by atoms with Crippen LogP contribution in [-0.2, 0) is 6.54 Å². The summed E-state index contributed by atoms with van der Waals surface area (Å²) in [6.45, 7) is 7.39. The second kappa shape index (κ2) is 5.79. The van der Waals surface area contributed by atoms with Gasteiger partial charge in [-0.25, -0.2) is 0 Å². The molecule has 0 spiro atoms. The highest BCUT2D eigenvalue weighted by Gasteiger charge is 2.22. The van der Waals surface area contributed by atoms with Crippen LogP contribution >= 0.6 is 11.6 Å². The average molecular weight is 308 g/mol. The van der Waals surface area contributed by atoms with Gasteiger partial charge in [0.05, 0.1) is 12.6 Å². The fourth-order valence-electron chi connectivity index (χ4n) is 3.09. The van der Waals surface area contributed by atoms with Crippen molar-refractivity contribution in [3.8, 4) is 0 Å². The third-order valence-electron chi connectivity index (χ3n) is 4.51. The van der Waals surface area contributed by atoms with Gasteiger partial charge in [0.2, 0.25) is 0 Å². The van der Waals surface area contributed by atoms with Crippen LogP contribution in [0.2, 0.25) is 5.02 Å². The molecule has 1 aliphatic rings. The summed E-state index contributed by atoms with van der Waals surface area (Å²) in [5, 5.41) is 1.31. The van der Waals surface area contributed by atoms with Crippen LogP contribution in [0.5, 0.6) is 0 Å². The molecule has 112 valence electrons. The number of aromatic nitrogens is 1. The number of hydrogen-bond donors (Lipinski definition) is 3. The van der Waals surface area contributed by atoms with E-state index in [0.29, 0.717) is 10.4 Å². The molecular formula is C16H22ClN3O+2. The number of benzene rings is 1. The number of aryl methyl sites for hydroxylation is 1. The Morgan fingerprint density at radius 3 is 2.67 bits per heavy atom. The monoisotopic (exact) mass is 307 g/mol. The number of aromatic amines is 1. The number of halogens is 1. The van der Waals surface area contributed by atoms with Crippen LogP contribution in [0, 0.1) is 6.92 Å². The first-order valence-corrected chi connectivity index (χ1v) is 7.88. The zero-order valence-corrected chi connectivity index (χ0v) is 13.3. The van der Waals surface area contributed by atoms with Gasteiger partial charge < -0.3 is 14.8 Å². The number of H-pyrrole nitrogens is 1. The minimum absolute atomic E-state index is 0.127. The molecule has 1 aliphatic heterocycles. The van der Waals surface area contributed by atoms with Gasteiger partial charge in [0.15, 0.2) is 5.43 Å². The van der Waals surface area contributed by atoms with Crippen molar-refractivity contribution in [3.05, 3.63) is 44.7 Å². The van der Waals surface area contributed by atoms with E-state index in [1.165, 1.54) is 18.0 Å². The molecule has 1 aromatic heterocycles. The predicted molar refractivity (Wildman–Crippen MR) is 85.3 cm³/mol. The third kappa shape index (κ3) is 2.98. The Bertz CT molecular complexity index is 717. The summed E-state index contributed by atoms with van der Waals surface area (Å²) in [5.41, 5.74) is 2.87. The Balaban J connectivity index is 1.96. The lowest BCUT2D eigenvalue weighted by Crippen LogP contribution is -3.26. The molecule has 4 nitrogen and oxygen atoms in total. The highest BCUT2D eigenvalue weighted by atomic mass is 35.5. The average Bonchev–Trinajstić information content (AvgIpc) is 2.46. The summed E-state index contributed by atoms with van der Waals surface area (Å²) < 4.78 is 0. The van der Waals surface area contributed by atoms with Crippen molar-refractivity contribution < 1.29 is 9.80 Å². The maximum Gasteiger partial charge on any atom is 0.198 e. The van der Waals surface area contributed by atoms with Crippen LogP contribution in [0.15, 0.2) is 23.0 Å². The van der Waals surface area contributed by atoms with E-state index in [-0.39, 0.29) is 5.43 Å². The molecule has 5 heteroatoms. The van der Waals surface area contributed by atoms with Crippen molar-refractivity contribution in [1.29, 1.82) is 0 Å². The standard InChI is InChI=1S/C16H20ClN3O/c1-11-14(10-20-7-5-19(2)6-8-20)16(21)13-9-12(17)3-4-15(13)18-11/h3-4,9H,5-8,10H2,1-2H3,(H,18,21)/p+2. The van der Waals surface area contributed by atoms with Gasteiger partial charge in [0, 0.05) is 21.6 Å². The topological polar surface area (TPSA) is 41.7 Å². The van der Waals surface area contributed by atoms with E-state index < -0.39 is 0 Å². The van der Waals surface area contributed by atoms with Crippen molar-refractivity contribution in [3.63, 3.8) is 0 Å². The molecule has 3 rings (SSSR count). The molecule has 1 aromatic carbocycles. The van der Waals surface area contributed by atoms with Gasteiger partial charge in [-0.2, -0.15) is 0 Å². The minimum atomic E-state index is 0.127. The lowest BCUT2D eigenvalue weighted by atomic mass is 10.1. The highest BCUT2D eigenvalue weighted by molar-refractivity contribution is 6.31. The molecule has 2 heterocycles. The van der Waals surface area contributed by atoms with Gasteiger partial charge in [0.1, 0.15) is 32.7 Å². The zero-order chi connectivity index (χ0) is 15.0. The first kappa shape index (κ1) is 14.6. The van der Waals surface area contributed by atoms with E-state index in [1.54, 1.807) is 11.0 Å². The van der Waals surface area contributed by atoms with E-state index in [2.05, 4.69) is 12.0 Å². The smallest absolute Gasteiger partial charge is 0.198 e. The fourth-order valence-corrected chi connectivity index (χ4v) is 3.27. The maximum absolute atomic E-state index is 12.7. The minimum Gasteiger partial charge on any atom is -0.358 e. The quantitative estimate of drug-likeness (QED) is 0.682. The van der Waals surface area contributed by atoms with Crippen LogP contribution in [-0.4, -0.2) is 38.2 Å². The van der Waals surface area contributed by atoms with Crippen LogP contribution in [0.1, 0.15) is 11.3 Å². The van der Waals surface area contributed by atoms with Crippen molar-refractivity contribution in [2.45, 2.75) is 13.5 Å². The Kier molecular flexibility index (Phi) is 4.02. The zero-order valence-electron chi connectivity index (χ0n) is 12.6. The molecule has 0 unspecified atom stereocenters. The molecule has 3 N–H and O–H groups in total. The Hall–Kier alpha value is -1.36. The van der Waals surface area contributed by atoms with E-state index in [4.69, 9.17) is 11.6 Å². The Morgan fingerprint density at radius 1 is 1.24 bits per heavy atom. The summed E-state index contributed by atoms with van der Waals surface area (Å²) in [7, 11) is 2.23. The Morgan fingerprint density at radius 2 is 1.95 bits per heavy atom. The molecule has 0 bridgehead atoms. The number of quaternary nitrogens is 2. The summed E-state index contributed by atoms with van der Waals surface area (Å²) in [5.74, 6) is 0. The molecule has 1 saturated heterocycles. The van der Waals surface area contributed by atoms with E-state index in [1.807, 2.05) is 19.1 Å². The fraction of sp³-hybridized carbons (Fsp3) is 0.438. The number of nitrogens with one attached hydrogen (secondary N) is 3. The highest BCUT2D eigenvalue weighted by Crippen LogP contribution is 2.16. The van der Waals surface area contributed by atoms with E-state index in [9.17, 15) is 4.79 Å². The van der Waals surface area contributed by atoms with Gasteiger partial charge >= 0.3 is 0 Å². The maximum atomic E-state index is 12.7. The molecule has 1 fully saturated rings. The number of pyridine rings is 1. The molecule has 0 aliphatic carbocycles. The second-order valence-electron chi connectivity index (χ2n) is 6.13. The third-order valence-corrected chi connectivity index (χ3v) is 4.75.